The van der Waals surface area contributed by atoms with Gasteiger partial charge < -0.3 is 10.6 Å². The van der Waals surface area contributed by atoms with Gasteiger partial charge in [-0.15, -0.1) is 22.7 Å². The first-order valence-electron chi connectivity index (χ1n) is 8.83. The molecule has 0 radical (unpaired) electrons. The maximum absolute atomic E-state index is 4.74. The molecule has 2 rings (SSSR count). The van der Waals surface area contributed by atoms with E-state index in [1.165, 1.54) is 15.6 Å². The SMILES string of the molecule is CCNC(=NCc1ncc(CC)s1)NCCc1nc(C(C)(C)C)cs1. The van der Waals surface area contributed by atoms with Crippen LogP contribution in [0.1, 0.15) is 55.2 Å². The largest absolute Gasteiger partial charge is 0.357 e. The van der Waals surface area contributed by atoms with Gasteiger partial charge in [0.1, 0.15) is 5.01 Å². The minimum absolute atomic E-state index is 0.115. The van der Waals surface area contributed by atoms with Crippen molar-refractivity contribution >= 4 is 28.6 Å². The van der Waals surface area contributed by atoms with Gasteiger partial charge in [-0.05, 0) is 13.3 Å². The van der Waals surface area contributed by atoms with Crippen LogP contribution in [0.3, 0.4) is 0 Å². The highest BCUT2D eigenvalue weighted by Gasteiger charge is 2.17. The summed E-state index contributed by atoms with van der Waals surface area (Å²) in [5.41, 5.74) is 1.28. The molecule has 2 N–H and O–H groups in total. The minimum Gasteiger partial charge on any atom is -0.357 e. The van der Waals surface area contributed by atoms with Crippen molar-refractivity contribution in [3.63, 3.8) is 0 Å². The fourth-order valence-corrected chi connectivity index (χ4v) is 3.94. The monoisotopic (exact) mass is 379 g/mol. The van der Waals surface area contributed by atoms with Gasteiger partial charge in [0.25, 0.3) is 0 Å². The van der Waals surface area contributed by atoms with Crippen molar-refractivity contribution < 1.29 is 0 Å². The molecule has 0 bridgehead atoms. The number of hydrogen-bond donors (Lipinski definition) is 2. The molecule has 0 fully saturated rings. The highest BCUT2D eigenvalue weighted by atomic mass is 32.1. The first kappa shape index (κ1) is 19.8. The molecule has 0 unspecified atom stereocenters. The van der Waals surface area contributed by atoms with Crippen molar-refractivity contribution in [2.45, 2.75) is 59.4 Å². The van der Waals surface area contributed by atoms with Crippen LogP contribution < -0.4 is 10.6 Å². The summed E-state index contributed by atoms with van der Waals surface area (Å²) >= 11 is 3.47. The number of hydrogen-bond acceptors (Lipinski definition) is 5. The molecule has 2 heterocycles. The molecule has 25 heavy (non-hydrogen) atoms. The third-order valence-corrected chi connectivity index (χ3v) is 5.65. The Balaban J connectivity index is 1.86. The molecule has 0 aromatic carbocycles. The maximum atomic E-state index is 4.74. The molecule has 5 nitrogen and oxygen atoms in total. The van der Waals surface area contributed by atoms with E-state index in [1.807, 2.05) is 6.20 Å². The molecule has 0 saturated heterocycles. The highest BCUT2D eigenvalue weighted by Crippen LogP contribution is 2.23. The zero-order chi connectivity index (χ0) is 18.3. The van der Waals surface area contributed by atoms with Crippen molar-refractivity contribution in [2.75, 3.05) is 13.1 Å². The van der Waals surface area contributed by atoms with E-state index >= 15 is 0 Å². The van der Waals surface area contributed by atoms with Gasteiger partial charge in [0, 0.05) is 41.4 Å². The van der Waals surface area contributed by atoms with Crippen LogP contribution in [0.25, 0.3) is 0 Å². The maximum Gasteiger partial charge on any atom is 0.191 e. The summed E-state index contributed by atoms with van der Waals surface area (Å²) in [7, 11) is 0. The van der Waals surface area contributed by atoms with Crippen LogP contribution in [-0.2, 0) is 24.8 Å². The van der Waals surface area contributed by atoms with Gasteiger partial charge in [0.2, 0.25) is 0 Å². The third kappa shape index (κ3) is 6.40. The standard InChI is InChI=1S/C18H29N5S2/c1-6-13-10-21-16(25-13)11-22-17(19-7-2)20-9-8-15-23-14(12-24-15)18(3,4)5/h10,12H,6-9,11H2,1-5H3,(H2,19,20,22). The molecule has 2 aromatic rings. The van der Waals surface area contributed by atoms with E-state index in [0.29, 0.717) is 6.54 Å². The molecule has 0 aliphatic carbocycles. The van der Waals surface area contributed by atoms with Gasteiger partial charge in [0.15, 0.2) is 5.96 Å². The van der Waals surface area contributed by atoms with E-state index in [2.05, 4.69) is 60.6 Å². The summed E-state index contributed by atoms with van der Waals surface area (Å²) in [6.45, 7) is 13.1. The first-order valence-corrected chi connectivity index (χ1v) is 10.5. The molecule has 0 saturated carbocycles. The van der Waals surface area contributed by atoms with Crippen LogP contribution in [0, 0.1) is 0 Å². The number of nitrogens with one attached hydrogen (secondary N) is 2. The molecule has 0 amide bonds. The second kappa shape index (κ2) is 9.29. The Morgan fingerprint density at radius 2 is 2.00 bits per heavy atom. The van der Waals surface area contributed by atoms with Crippen molar-refractivity contribution in [1.82, 2.24) is 20.6 Å². The highest BCUT2D eigenvalue weighted by molar-refractivity contribution is 7.11. The summed E-state index contributed by atoms with van der Waals surface area (Å²) in [6, 6.07) is 0. The molecule has 138 valence electrons. The third-order valence-electron chi connectivity index (χ3n) is 3.62. The van der Waals surface area contributed by atoms with E-state index in [4.69, 9.17) is 4.98 Å². The quantitative estimate of drug-likeness (QED) is 0.568. The van der Waals surface area contributed by atoms with Crippen molar-refractivity contribution in [1.29, 1.82) is 0 Å². The molecular weight excluding hydrogens is 350 g/mol. The van der Waals surface area contributed by atoms with Crippen LogP contribution in [0.4, 0.5) is 0 Å². The van der Waals surface area contributed by atoms with Gasteiger partial charge in [-0.1, -0.05) is 27.7 Å². The number of nitrogens with zero attached hydrogens (tertiary/aromatic N) is 3. The van der Waals surface area contributed by atoms with Crippen molar-refractivity contribution in [2.24, 2.45) is 4.99 Å². The summed E-state index contributed by atoms with van der Waals surface area (Å²) in [5.74, 6) is 0.836. The van der Waals surface area contributed by atoms with Crippen molar-refractivity contribution in [3.05, 3.63) is 32.2 Å². The number of thiazole rings is 2. The summed E-state index contributed by atoms with van der Waals surface area (Å²) in [6.07, 6.45) is 3.89. The zero-order valence-electron chi connectivity index (χ0n) is 15.8. The lowest BCUT2D eigenvalue weighted by atomic mass is 9.93. The van der Waals surface area contributed by atoms with Crippen molar-refractivity contribution in [3.8, 4) is 0 Å². The number of aromatic nitrogens is 2. The zero-order valence-corrected chi connectivity index (χ0v) is 17.5. The van der Waals surface area contributed by atoms with Gasteiger partial charge in [-0.2, -0.15) is 0 Å². The van der Waals surface area contributed by atoms with Crippen LogP contribution in [0.2, 0.25) is 0 Å². The smallest absolute Gasteiger partial charge is 0.191 e. The molecule has 2 aromatic heterocycles. The van der Waals surface area contributed by atoms with E-state index in [-0.39, 0.29) is 5.41 Å². The Bertz CT molecular complexity index is 682. The fraction of sp³-hybridized carbons (Fsp3) is 0.611. The number of rotatable bonds is 7. The lowest BCUT2D eigenvalue weighted by Crippen LogP contribution is -2.38. The topological polar surface area (TPSA) is 62.2 Å². The molecule has 7 heteroatoms. The summed E-state index contributed by atoms with van der Waals surface area (Å²) < 4.78 is 0. The molecule has 0 spiro atoms. The van der Waals surface area contributed by atoms with E-state index in [9.17, 15) is 0 Å². The Morgan fingerprint density at radius 1 is 1.20 bits per heavy atom. The number of guanidine groups is 1. The van der Waals surface area contributed by atoms with Crippen LogP contribution in [0.5, 0.6) is 0 Å². The predicted molar refractivity (Wildman–Crippen MR) is 109 cm³/mol. The minimum atomic E-state index is 0.115. The second-order valence-electron chi connectivity index (χ2n) is 6.82. The number of aryl methyl sites for hydroxylation is 1. The Labute approximate surface area is 159 Å². The van der Waals surface area contributed by atoms with E-state index in [0.717, 1.165) is 36.9 Å². The average molecular weight is 380 g/mol. The first-order chi connectivity index (χ1) is 11.9. The van der Waals surface area contributed by atoms with Gasteiger partial charge in [-0.3, -0.25) is 0 Å². The lowest BCUT2D eigenvalue weighted by molar-refractivity contribution is 0.570. The Hall–Kier alpha value is -1.47. The lowest BCUT2D eigenvalue weighted by Gasteiger charge is -2.14. The van der Waals surface area contributed by atoms with Crippen LogP contribution in [0.15, 0.2) is 16.6 Å². The van der Waals surface area contributed by atoms with Gasteiger partial charge >= 0.3 is 0 Å². The molecule has 0 atom stereocenters. The summed E-state index contributed by atoms with van der Waals surface area (Å²) in [5, 5.41) is 11.1. The average Bonchev–Trinajstić information content (AvgIpc) is 3.21. The molecule has 0 aliphatic heterocycles. The Morgan fingerprint density at radius 3 is 2.60 bits per heavy atom. The van der Waals surface area contributed by atoms with E-state index in [1.54, 1.807) is 22.7 Å². The van der Waals surface area contributed by atoms with Crippen LogP contribution in [-0.4, -0.2) is 29.0 Å². The Kier molecular flexibility index (Phi) is 7.38. The fourth-order valence-electron chi connectivity index (χ4n) is 2.13. The van der Waals surface area contributed by atoms with E-state index < -0.39 is 0 Å². The normalized spacial score (nSPS) is 12.4. The second-order valence-corrected chi connectivity index (χ2v) is 8.96. The van der Waals surface area contributed by atoms with Gasteiger partial charge in [0.05, 0.1) is 17.2 Å². The number of aliphatic imine (C=N–C) groups is 1. The molecule has 0 aliphatic rings. The van der Waals surface area contributed by atoms with Gasteiger partial charge in [-0.25, -0.2) is 15.0 Å². The predicted octanol–water partition coefficient (Wildman–Crippen LogP) is 3.76. The molecular formula is C18H29N5S2. The summed E-state index contributed by atoms with van der Waals surface area (Å²) in [4.78, 5) is 15.1. The van der Waals surface area contributed by atoms with Crippen LogP contribution >= 0.6 is 22.7 Å².